The molecule has 1 heterocycles. The molecule has 0 aliphatic carbocycles. The van der Waals surface area contributed by atoms with Crippen molar-refractivity contribution in [2.45, 2.75) is 25.9 Å². The van der Waals surface area contributed by atoms with Gasteiger partial charge in [0.1, 0.15) is 8.07 Å². The molecule has 8 aromatic carbocycles. The molecule has 0 N–H and O–H groups in total. The lowest BCUT2D eigenvalue weighted by atomic mass is 10.1. The maximum absolute atomic E-state index is 2.54. The van der Waals surface area contributed by atoms with E-state index < -0.39 is 8.07 Å². The van der Waals surface area contributed by atoms with Crippen molar-refractivity contribution in [1.29, 1.82) is 0 Å². The van der Waals surface area contributed by atoms with Crippen LogP contribution in [0.5, 0.6) is 0 Å². The predicted octanol–water partition coefficient (Wildman–Crippen LogP) is 13.0. The second-order valence-electron chi connectivity index (χ2n) is 14.0. The van der Waals surface area contributed by atoms with E-state index in [0.717, 1.165) is 23.5 Å². The van der Waals surface area contributed by atoms with Crippen molar-refractivity contribution in [2.75, 3.05) is 9.80 Å². The molecule has 0 saturated carbocycles. The van der Waals surface area contributed by atoms with Crippen LogP contribution >= 0.6 is 0 Å². The van der Waals surface area contributed by atoms with E-state index in [0.29, 0.717) is 0 Å². The number of para-hydroxylation sites is 2. The lowest BCUT2D eigenvalue weighted by Crippen LogP contribution is -2.58. The summed E-state index contributed by atoms with van der Waals surface area (Å²) in [6.45, 7) is 4.85. The van der Waals surface area contributed by atoms with Crippen LogP contribution in [-0.2, 0) is 0 Å². The van der Waals surface area contributed by atoms with E-state index in [1.165, 1.54) is 65.8 Å². The van der Waals surface area contributed by atoms with Crippen LogP contribution in [0.2, 0.25) is 12.1 Å². The first-order valence-corrected chi connectivity index (χ1v) is 21.2. The van der Waals surface area contributed by atoms with E-state index in [2.05, 4.69) is 218 Å². The van der Waals surface area contributed by atoms with Gasteiger partial charge in [-0.1, -0.05) is 159 Å². The quantitative estimate of drug-likeness (QED) is 0.146. The molecule has 256 valence electrons. The summed E-state index contributed by atoms with van der Waals surface area (Å²) in [7, 11) is -2.30. The van der Waals surface area contributed by atoms with Gasteiger partial charge in [-0.15, -0.1) is 0 Å². The number of benzene rings is 8. The molecule has 0 radical (unpaired) electrons. The molecule has 0 spiro atoms. The predicted molar refractivity (Wildman–Crippen MR) is 232 cm³/mol. The minimum Gasteiger partial charge on any atom is -0.310 e. The van der Waals surface area contributed by atoms with Gasteiger partial charge >= 0.3 is 0 Å². The van der Waals surface area contributed by atoms with E-state index in [1.807, 2.05) is 0 Å². The Hall–Kier alpha value is -6.16. The van der Waals surface area contributed by atoms with Crippen LogP contribution in [0.15, 0.2) is 182 Å². The van der Waals surface area contributed by atoms with Gasteiger partial charge in [0.25, 0.3) is 0 Å². The molecule has 8 aromatic rings. The standard InChI is InChI=1S/C50H42N2Si/c1-3-53(4-2)49-35-43(51(41-21-7-5-8-22-41)47-27-15-19-37-17-11-13-25-45(37)47)33-31-39(49)29-30-40-32-34-44(36-50(40)53)52(42-23-9-6-10-24-42)48-28-16-20-38-18-12-14-26-46(38)48/h5-36H,3-4H2,1-2H3. The molecule has 0 atom stereocenters. The topological polar surface area (TPSA) is 6.48 Å². The second kappa shape index (κ2) is 13.8. The lowest BCUT2D eigenvalue weighted by molar-refractivity contribution is 1.27. The molecule has 9 rings (SSSR count). The summed E-state index contributed by atoms with van der Waals surface area (Å²) in [5.41, 5.74) is 9.75. The molecule has 0 amide bonds. The van der Waals surface area contributed by atoms with E-state index in [4.69, 9.17) is 0 Å². The number of rotatable bonds is 8. The number of hydrogen-bond donors (Lipinski definition) is 0. The minimum atomic E-state index is -2.30. The number of fused-ring (bicyclic) bond motifs is 4. The second-order valence-corrected chi connectivity index (χ2v) is 18.7. The fourth-order valence-corrected chi connectivity index (χ4v) is 13.2. The van der Waals surface area contributed by atoms with Gasteiger partial charge in [0, 0.05) is 33.5 Å². The van der Waals surface area contributed by atoms with Crippen molar-refractivity contribution in [3.8, 4) is 0 Å². The van der Waals surface area contributed by atoms with Gasteiger partial charge in [-0.3, -0.25) is 0 Å². The van der Waals surface area contributed by atoms with Crippen LogP contribution in [-0.4, -0.2) is 8.07 Å². The van der Waals surface area contributed by atoms with Crippen molar-refractivity contribution >= 4 is 86.3 Å². The van der Waals surface area contributed by atoms with E-state index >= 15 is 0 Å². The van der Waals surface area contributed by atoms with Gasteiger partial charge < -0.3 is 9.80 Å². The molecule has 3 heteroatoms. The Balaban J connectivity index is 1.25. The maximum atomic E-state index is 2.54. The molecule has 0 aromatic heterocycles. The van der Waals surface area contributed by atoms with Crippen LogP contribution in [0.4, 0.5) is 34.1 Å². The first kappa shape index (κ1) is 32.7. The zero-order valence-corrected chi connectivity index (χ0v) is 31.3. The van der Waals surface area contributed by atoms with E-state index in [9.17, 15) is 0 Å². The highest BCUT2D eigenvalue weighted by atomic mass is 28.3. The zero-order valence-electron chi connectivity index (χ0n) is 30.3. The Labute approximate surface area is 313 Å². The van der Waals surface area contributed by atoms with Crippen LogP contribution in [0.1, 0.15) is 25.0 Å². The Morgan fingerprint density at radius 2 is 0.774 bits per heavy atom. The third-order valence-corrected chi connectivity index (χ3v) is 16.7. The van der Waals surface area contributed by atoms with Gasteiger partial charge in [0.05, 0.1) is 11.4 Å². The molecule has 0 bridgehead atoms. The fraction of sp³-hybridized carbons (Fsp3) is 0.0800. The summed E-state index contributed by atoms with van der Waals surface area (Å²) in [5.74, 6) is 0. The Kier molecular flexibility index (Phi) is 8.50. The average molecular weight is 699 g/mol. The van der Waals surface area contributed by atoms with Gasteiger partial charge in [-0.25, -0.2) is 0 Å². The van der Waals surface area contributed by atoms with Crippen molar-refractivity contribution in [2.24, 2.45) is 0 Å². The third-order valence-electron chi connectivity index (χ3n) is 11.3. The highest BCUT2D eigenvalue weighted by Gasteiger charge is 2.39. The summed E-state index contributed by atoms with van der Waals surface area (Å²) in [4.78, 5) is 4.91. The Bertz CT molecular complexity index is 2420. The van der Waals surface area contributed by atoms with Gasteiger partial charge in [0.2, 0.25) is 0 Å². The smallest absolute Gasteiger partial charge is 0.119 e. The number of hydrogen-bond acceptors (Lipinski definition) is 2. The zero-order chi connectivity index (χ0) is 35.8. The monoisotopic (exact) mass is 698 g/mol. The molecule has 0 fully saturated rings. The highest BCUT2D eigenvalue weighted by Crippen LogP contribution is 2.41. The summed E-state index contributed by atoms with van der Waals surface area (Å²) in [5, 5.41) is 7.98. The molecule has 0 unspecified atom stereocenters. The van der Waals surface area contributed by atoms with Crippen molar-refractivity contribution in [1.82, 2.24) is 0 Å². The summed E-state index contributed by atoms with van der Waals surface area (Å²) in [6.07, 6.45) is 4.73. The maximum Gasteiger partial charge on any atom is 0.119 e. The minimum absolute atomic E-state index is 1.11. The number of nitrogens with zero attached hydrogens (tertiary/aromatic N) is 2. The molecule has 1 aliphatic heterocycles. The fourth-order valence-electron chi connectivity index (χ4n) is 8.64. The molecular weight excluding hydrogens is 657 g/mol. The third kappa shape index (κ3) is 5.65. The SMILES string of the molecule is CC[Si]1(CC)c2cc(N(c3ccccc3)c3cccc4ccccc34)ccc2C=Cc2ccc(N(c3ccccc3)c3cccc4ccccc34)cc21. The normalized spacial score (nSPS) is 12.9. The van der Waals surface area contributed by atoms with Crippen LogP contribution in [0, 0.1) is 0 Å². The highest BCUT2D eigenvalue weighted by molar-refractivity contribution is 7.03. The lowest BCUT2D eigenvalue weighted by Gasteiger charge is -2.35. The van der Waals surface area contributed by atoms with E-state index in [-0.39, 0.29) is 0 Å². The van der Waals surface area contributed by atoms with Gasteiger partial charge in [0.15, 0.2) is 0 Å². The average Bonchev–Trinajstić information content (AvgIpc) is 3.36. The Morgan fingerprint density at radius 1 is 0.377 bits per heavy atom. The largest absolute Gasteiger partial charge is 0.310 e. The van der Waals surface area contributed by atoms with Crippen molar-refractivity contribution in [3.05, 3.63) is 193 Å². The van der Waals surface area contributed by atoms with Gasteiger partial charge in [-0.2, -0.15) is 0 Å². The van der Waals surface area contributed by atoms with Crippen LogP contribution in [0.25, 0.3) is 33.7 Å². The first-order valence-electron chi connectivity index (χ1n) is 18.8. The van der Waals surface area contributed by atoms with Crippen molar-refractivity contribution in [3.63, 3.8) is 0 Å². The molecule has 1 aliphatic rings. The molecule has 0 saturated heterocycles. The van der Waals surface area contributed by atoms with Crippen LogP contribution in [0.3, 0.4) is 0 Å². The molecule has 2 nitrogen and oxygen atoms in total. The Morgan fingerprint density at radius 3 is 1.21 bits per heavy atom. The number of anilines is 6. The van der Waals surface area contributed by atoms with E-state index in [1.54, 1.807) is 0 Å². The summed E-state index contributed by atoms with van der Waals surface area (Å²) >= 11 is 0. The summed E-state index contributed by atoms with van der Waals surface area (Å²) in [6, 6.07) is 69.1. The van der Waals surface area contributed by atoms with Gasteiger partial charge in [-0.05, 0) is 92.9 Å². The first-order chi connectivity index (χ1) is 26.2. The van der Waals surface area contributed by atoms with Crippen LogP contribution < -0.4 is 20.2 Å². The van der Waals surface area contributed by atoms with Crippen molar-refractivity contribution < 1.29 is 0 Å². The molecule has 53 heavy (non-hydrogen) atoms. The summed E-state index contributed by atoms with van der Waals surface area (Å²) < 4.78 is 0. The molecular formula is C50H42N2Si.